The normalized spacial score (nSPS) is 32.4. The van der Waals surface area contributed by atoms with Gasteiger partial charge < -0.3 is 19.7 Å². The fraction of sp³-hybridized carbons (Fsp3) is 0.857. The summed E-state index contributed by atoms with van der Waals surface area (Å²) in [6.45, 7) is 1.27. The Morgan fingerprint density at radius 1 is 1.05 bits per heavy atom. The summed E-state index contributed by atoms with van der Waals surface area (Å²) in [6.07, 6.45) is 0.788. The number of carboxylic acids is 1. The maximum atomic E-state index is 11.2. The number of hydrogen-bond donors (Lipinski definition) is 2. The van der Waals surface area contributed by atoms with Crippen molar-refractivity contribution in [3.8, 4) is 0 Å². The lowest BCUT2D eigenvalue weighted by atomic mass is 10.2. The van der Waals surface area contributed by atoms with Gasteiger partial charge in [0, 0.05) is 33.0 Å². The second-order valence-electron chi connectivity index (χ2n) is 5.76. The Morgan fingerprint density at radius 2 is 1.64 bits per heavy atom. The van der Waals surface area contributed by atoms with E-state index in [1.807, 2.05) is 11.9 Å². The molecule has 0 aromatic carbocycles. The third kappa shape index (κ3) is 4.91. The minimum atomic E-state index is -0.848. The number of rotatable bonds is 3. The van der Waals surface area contributed by atoms with E-state index in [1.54, 1.807) is 19.1 Å². The Kier molecular flexibility index (Phi) is 7.21. The van der Waals surface area contributed by atoms with Crippen LogP contribution in [0.25, 0.3) is 0 Å². The van der Waals surface area contributed by atoms with Crippen LogP contribution >= 0.6 is 0 Å². The molecule has 0 aromatic rings. The van der Waals surface area contributed by atoms with Crippen LogP contribution in [-0.2, 0) is 19.1 Å². The smallest absolute Gasteiger partial charge is 0.323 e. The van der Waals surface area contributed by atoms with E-state index in [2.05, 4.69) is 4.74 Å². The molecular weight excluding hydrogens is 292 g/mol. The first kappa shape index (κ1) is 18.8. The number of methoxy groups -OCH3 is 2. The molecule has 4 atom stereocenters. The van der Waals surface area contributed by atoms with Crippen molar-refractivity contribution in [1.82, 2.24) is 9.80 Å². The fourth-order valence-corrected chi connectivity index (χ4v) is 2.80. The Bertz CT molecular complexity index is 392. The molecule has 2 N–H and O–H groups in total. The number of hydrogen-bond acceptors (Lipinski definition) is 7. The van der Waals surface area contributed by atoms with E-state index in [0.29, 0.717) is 13.0 Å². The first-order valence-electron chi connectivity index (χ1n) is 7.22. The summed E-state index contributed by atoms with van der Waals surface area (Å²) < 4.78 is 9.82. The second kappa shape index (κ2) is 8.42. The molecule has 0 radical (unpaired) electrons. The van der Waals surface area contributed by atoms with Crippen LogP contribution < -0.4 is 0 Å². The van der Waals surface area contributed by atoms with Gasteiger partial charge in [0.25, 0.3) is 0 Å². The van der Waals surface area contributed by atoms with E-state index < -0.39 is 18.1 Å². The zero-order chi connectivity index (χ0) is 16.9. The molecule has 0 amide bonds. The number of aliphatic carboxylic acids is 1. The molecule has 2 fully saturated rings. The molecule has 22 heavy (non-hydrogen) atoms. The van der Waals surface area contributed by atoms with Gasteiger partial charge >= 0.3 is 11.9 Å². The molecule has 0 unspecified atom stereocenters. The fourth-order valence-electron chi connectivity index (χ4n) is 2.80. The van der Waals surface area contributed by atoms with Crippen LogP contribution in [0, 0.1) is 0 Å². The lowest BCUT2D eigenvalue weighted by Gasteiger charge is -2.15. The van der Waals surface area contributed by atoms with Crippen LogP contribution in [0.4, 0.5) is 0 Å². The lowest BCUT2D eigenvalue weighted by molar-refractivity contribution is -0.145. The molecule has 8 heteroatoms. The highest BCUT2D eigenvalue weighted by Crippen LogP contribution is 2.18. The van der Waals surface area contributed by atoms with Gasteiger partial charge in [0.15, 0.2) is 0 Å². The van der Waals surface area contributed by atoms with Crippen LogP contribution in [0.2, 0.25) is 0 Å². The molecule has 2 heterocycles. The molecule has 2 rings (SSSR count). The van der Waals surface area contributed by atoms with Crippen molar-refractivity contribution < 1.29 is 29.3 Å². The van der Waals surface area contributed by atoms with E-state index in [1.165, 1.54) is 7.11 Å². The van der Waals surface area contributed by atoms with Crippen molar-refractivity contribution >= 4 is 11.9 Å². The second-order valence-corrected chi connectivity index (χ2v) is 5.76. The molecule has 2 saturated heterocycles. The van der Waals surface area contributed by atoms with Gasteiger partial charge in [-0.3, -0.25) is 19.4 Å². The molecule has 8 nitrogen and oxygen atoms in total. The van der Waals surface area contributed by atoms with Gasteiger partial charge in [-0.1, -0.05) is 0 Å². The van der Waals surface area contributed by atoms with Crippen LogP contribution in [0.1, 0.15) is 12.8 Å². The number of ether oxygens (including phenoxy) is 2. The molecule has 0 aliphatic carbocycles. The van der Waals surface area contributed by atoms with Crippen LogP contribution in [-0.4, -0.2) is 97.6 Å². The van der Waals surface area contributed by atoms with Gasteiger partial charge in [-0.2, -0.15) is 0 Å². The van der Waals surface area contributed by atoms with Gasteiger partial charge in [0.2, 0.25) is 0 Å². The van der Waals surface area contributed by atoms with E-state index in [9.17, 15) is 9.59 Å². The highest BCUT2D eigenvalue weighted by molar-refractivity contribution is 5.76. The predicted molar refractivity (Wildman–Crippen MR) is 78.5 cm³/mol. The monoisotopic (exact) mass is 318 g/mol. The number of aliphatic hydroxyl groups excluding tert-OH is 1. The van der Waals surface area contributed by atoms with Crippen LogP contribution in [0.15, 0.2) is 0 Å². The molecule has 128 valence electrons. The molecular formula is C14H26N2O6. The van der Waals surface area contributed by atoms with Gasteiger partial charge in [-0.25, -0.2) is 0 Å². The molecule has 2 aliphatic rings. The molecule has 0 spiro atoms. The Labute approximate surface area is 130 Å². The van der Waals surface area contributed by atoms with Crippen LogP contribution in [0.3, 0.4) is 0 Å². The van der Waals surface area contributed by atoms with E-state index in [4.69, 9.17) is 14.9 Å². The van der Waals surface area contributed by atoms with Crippen molar-refractivity contribution in [3.63, 3.8) is 0 Å². The van der Waals surface area contributed by atoms with E-state index >= 15 is 0 Å². The van der Waals surface area contributed by atoms with Crippen molar-refractivity contribution in [2.45, 2.75) is 37.1 Å². The third-order valence-corrected chi connectivity index (χ3v) is 4.13. The molecule has 0 bridgehead atoms. The SMILES string of the molecule is CN1C[C@H](O)C[C@@H]1C(=O)O.COC(=O)[C@H]1C[C@@H](OC)CN1C. The molecule has 0 aromatic heterocycles. The summed E-state index contributed by atoms with van der Waals surface area (Å²) >= 11 is 0. The van der Waals surface area contributed by atoms with Crippen molar-refractivity contribution in [3.05, 3.63) is 0 Å². The number of esters is 1. The van der Waals surface area contributed by atoms with Crippen molar-refractivity contribution in [2.24, 2.45) is 0 Å². The average Bonchev–Trinajstić information content (AvgIpc) is 3.01. The number of carbonyl (C=O) groups is 2. The van der Waals surface area contributed by atoms with E-state index in [-0.39, 0.29) is 18.1 Å². The average molecular weight is 318 g/mol. The minimum absolute atomic E-state index is 0.125. The van der Waals surface area contributed by atoms with Gasteiger partial charge in [0.05, 0.1) is 19.3 Å². The topological polar surface area (TPSA) is 99.5 Å². The summed E-state index contributed by atoms with van der Waals surface area (Å²) in [5.41, 5.74) is 0. The third-order valence-electron chi connectivity index (χ3n) is 4.13. The zero-order valence-corrected chi connectivity index (χ0v) is 13.6. The Morgan fingerprint density at radius 3 is 1.95 bits per heavy atom. The van der Waals surface area contributed by atoms with E-state index in [0.717, 1.165) is 13.0 Å². The highest BCUT2D eigenvalue weighted by Gasteiger charge is 2.35. The Balaban J connectivity index is 0.000000224. The standard InChI is InChI=1S/C8H15NO3.C6H11NO3/c1-9-5-6(11-2)4-7(9)8(10)12-3;1-7-3-4(8)2-5(7)6(9)10/h6-7H,4-5H2,1-3H3;4-5,8H,2-3H2,1H3,(H,9,10)/t6-,7-;4-,5-/m11/s1. The zero-order valence-electron chi connectivity index (χ0n) is 13.6. The van der Waals surface area contributed by atoms with Gasteiger partial charge in [-0.15, -0.1) is 0 Å². The number of likely N-dealkylation sites (tertiary alicyclic amines) is 2. The van der Waals surface area contributed by atoms with Crippen LogP contribution in [0.5, 0.6) is 0 Å². The first-order chi connectivity index (χ1) is 10.3. The molecule has 0 saturated carbocycles. The maximum Gasteiger partial charge on any atom is 0.323 e. The van der Waals surface area contributed by atoms with Gasteiger partial charge in [-0.05, 0) is 14.1 Å². The van der Waals surface area contributed by atoms with Crippen molar-refractivity contribution in [2.75, 3.05) is 41.4 Å². The van der Waals surface area contributed by atoms with Gasteiger partial charge in [0.1, 0.15) is 12.1 Å². The number of aliphatic hydroxyl groups is 1. The minimum Gasteiger partial charge on any atom is -0.480 e. The summed E-state index contributed by atoms with van der Waals surface area (Å²) in [4.78, 5) is 25.2. The molecule has 2 aliphatic heterocycles. The highest BCUT2D eigenvalue weighted by atomic mass is 16.5. The largest absolute Gasteiger partial charge is 0.480 e. The maximum absolute atomic E-state index is 11.2. The number of carbonyl (C=O) groups excluding carboxylic acids is 1. The number of carboxylic acid groups (broad SMARTS) is 1. The summed E-state index contributed by atoms with van der Waals surface area (Å²) in [5.74, 6) is -1.02. The number of likely N-dealkylation sites (N-methyl/N-ethyl adjacent to an activating group) is 2. The summed E-state index contributed by atoms with van der Waals surface area (Å²) in [6, 6.07) is -0.616. The summed E-state index contributed by atoms with van der Waals surface area (Å²) in [5, 5.41) is 17.6. The number of nitrogens with zero attached hydrogens (tertiary/aromatic N) is 2. The lowest BCUT2D eigenvalue weighted by Crippen LogP contribution is -2.33. The Hall–Kier alpha value is -1.22. The number of β-amino-alcohol motifs (C(OH)–C–C–N with tert-alkyl or cyclic N) is 1. The first-order valence-corrected chi connectivity index (χ1v) is 7.22. The predicted octanol–water partition coefficient (Wildman–Crippen LogP) is -0.985. The summed E-state index contributed by atoms with van der Waals surface area (Å²) in [7, 11) is 6.68. The van der Waals surface area contributed by atoms with Crippen molar-refractivity contribution in [1.29, 1.82) is 0 Å². The quantitative estimate of drug-likeness (QED) is 0.640.